The van der Waals surface area contributed by atoms with Crippen LogP contribution in [0.3, 0.4) is 0 Å². The Morgan fingerprint density at radius 2 is 1.80 bits per heavy atom. The summed E-state index contributed by atoms with van der Waals surface area (Å²) in [5.41, 5.74) is 1.49. The Morgan fingerprint density at radius 3 is 2.36 bits per heavy atom. The lowest BCUT2D eigenvalue weighted by atomic mass is 10.1. The summed E-state index contributed by atoms with van der Waals surface area (Å²) in [6.07, 6.45) is 1.50. The third kappa shape index (κ3) is 4.09. The molecular formula is C17H20N2O6. The van der Waals surface area contributed by atoms with Crippen molar-refractivity contribution in [2.24, 2.45) is 0 Å². The molecule has 0 aromatic heterocycles. The van der Waals surface area contributed by atoms with E-state index in [1.165, 1.54) is 6.08 Å². The number of urea groups is 1. The zero-order valence-electron chi connectivity index (χ0n) is 14.3. The van der Waals surface area contributed by atoms with E-state index in [9.17, 15) is 14.4 Å². The number of hydrogen-bond acceptors (Lipinski definition) is 5. The number of ether oxygens (including phenoxy) is 2. The third-order valence-corrected chi connectivity index (χ3v) is 3.49. The fraction of sp³-hybridized carbons (Fsp3) is 0.353. The zero-order valence-corrected chi connectivity index (χ0v) is 14.3. The third-order valence-electron chi connectivity index (χ3n) is 3.49. The van der Waals surface area contributed by atoms with E-state index in [1.54, 1.807) is 12.1 Å². The lowest BCUT2D eigenvalue weighted by molar-refractivity contribution is -0.140. The number of amides is 3. The van der Waals surface area contributed by atoms with Gasteiger partial charge in [0.25, 0.3) is 5.91 Å². The van der Waals surface area contributed by atoms with Gasteiger partial charge in [0.05, 0.1) is 13.2 Å². The highest BCUT2D eigenvalue weighted by Gasteiger charge is 2.35. The number of aliphatic carboxylic acids is 1. The Bertz CT molecular complexity index is 741. The fourth-order valence-electron chi connectivity index (χ4n) is 2.38. The van der Waals surface area contributed by atoms with E-state index in [-0.39, 0.29) is 5.70 Å². The number of rotatable bonds is 7. The molecule has 8 heteroatoms. The number of nitrogens with one attached hydrogen (secondary N) is 1. The van der Waals surface area contributed by atoms with Gasteiger partial charge < -0.3 is 19.9 Å². The first kappa shape index (κ1) is 18.3. The summed E-state index contributed by atoms with van der Waals surface area (Å²) in [6, 6.07) is 2.75. The molecule has 1 aliphatic heterocycles. The molecule has 25 heavy (non-hydrogen) atoms. The number of aryl methyl sites for hydroxylation is 1. The molecule has 1 aromatic rings. The van der Waals surface area contributed by atoms with Gasteiger partial charge in [0.15, 0.2) is 11.5 Å². The minimum absolute atomic E-state index is 0.0148. The first-order valence-corrected chi connectivity index (χ1v) is 7.83. The van der Waals surface area contributed by atoms with Crippen molar-refractivity contribution in [2.75, 3.05) is 19.8 Å². The van der Waals surface area contributed by atoms with Gasteiger partial charge in [-0.3, -0.25) is 9.59 Å². The molecule has 0 spiro atoms. The number of hydrogen-bond donors (Lipinski definition) is 2. The molecular weight excluding hydrogens is 328 g/mol. The summed E-state index contributed by atoms with van der Waals surface area (Å²) in [5, 5.41) is 11.2. The first-order chi connectivity index (χ1) is 11.9. The standard InChI is InChI=1S/C17H20N2O6/c1-4-24-13-6-10(3)11(8-14(13)25-5-2)7-12-16(22)19(9-15(20)21)17(23)18-12/h6-8H,4-5,9H2,1-3H3,(H,18,23)(H,20,21). The number of carboxylic acids is 1. The zero-order chi connectivity index (χ0) is 18.6. The van der Waals surface area contributed by atoms with Gasteiger partial charge >= 0.3 is 12.0 Å². The largest absolute Gasteiger partial charge is 0.490 e. The van der Waals surface area contributed by atoms with E-state index < -0.39 is 24.5 Å². The monoisotopic (exact) mass is 348 g/mol. The molecule has 1 aliphatic rings. The molecule has 0 radical (unpaired) electrons. The summed E-state index contributed by atoms with van der Waals surface area (Å²) in [7, 11) is 0. The van der Waals surface area contributed by atoms with Gasteiger partial charge in [0.1, 0.15) is 12.2 Å². The number of benzene rings is 1. The average molecular weight is 348 g/mol. The van der Waals surface area contributed by atoms with Crippen LogP contribution in [0.25, 0.3) is 6.08 Å². The van der Waals surface area contributed by atoms with Crippen LogP contribution < -0.4 is 14.8 Å². The molecule has 0 saturated carbocycles. The molecule has 1 heterocycles. The van der Waals surface area contributed by atoms with Gasteiger partial charge in [-0.05, 0) is 50.1 Å². The van der Waals surface area contributed by atoms with Crippen molar-refractivity contribution < 1.29 is 29.0 Å². The maximum Gasteiger partial charge on any atom is 0.329 e. The van der Waals surface area contributed by atoms with E-state index >= 15 is 0 Å². The molecule has 3 amide bonds. The Balaban J connectivity index is 2.37. The van der Waals surface area contributed by atoms with Crippen molar-refractivity contribution >= 4 is 24.0 Å². The molecule has 1 fully saturated rings. The van der Waals surface area contributed by atoms with Crippen LogP contribution in [-0.4, -0.2) is 47.7 Å². The Hall–Kier alpha value is -3.03. The molecule has 0 atom stereocenters. The van der Waals surface area contributed by atoms with E-state index in [1.807, 2.05) is 20.8 Å². The van der Waals surface area contributed by atoms with Crippen LogP contribution in [0.5, 0.6) is 11.5 Å². The fourth-order valence-corrected chi connectivity index (χ4v) is 2.38. The second-order valence-corrected chi connectivity index (χ2v) is 5.29. The van der Waals surface area contributed by atoms with Crippen LogP contribution in [0.15, 0.2) is 17.8 Å². The highest BCUT2D eigenvalue weighted by atomic mass is 16.5. The molecule has 1 aromatic carbocycles. The quantitative estimate of drug-likeness (QED) is 0.575. The topological polar surface area (TPSA) is 105 Å². The number of carbonyl (C=O) groups is 3. The van der Waals surface area contributed by atoms with Crippen molar-refractivity contribution in [3.8, 4) is 11.5 Å². The van der Waals surface area contributed by atoms with Crippen LogP contribution in [0.2, 0.25) is 0 Å². The molecule has 0 bridgehead atoms. The number of nitrogens with zero attached hydrogens (tertiary/aromatic N) is 1. The molecule has 2 rings (SSSR count). The average Bonchev–Trinajstić information content (AvgIpc) is 2.79. The second-order valence-electron chi connectivity index (χ2n) is 5.29. The smallest absolute Gasteiger partial charge is 0.329 e. The van der Waals surface area contributed by atoms with Crippen molar-refractivity contribution in [1.82, 2.24) is 10.2 Å². The van der Waals surface area contributed by atoms with Gasteiger partial charge in [-0.2, -0.15) is 0 Å². The summed E-state index contributed by atoms with van der Waals surface area (Å²) in [6.45, 7) is 5.79. The SMILES string of the molecule is CCOc1cc(C)c(C=C2NC(=O)N(CC(=O)O)C2=O)cc1OCC. The maximum absolute atomic E-state index is 12.2. The van der Waals surface area contributed by atoms with Gasteiger partial charge in [0, 0.05) is 0 Å². The summed E-state index contributed by atoms with van der Waals surface area (Å²) >= 11 is 0. The van der Waals surface area contributed by atoms with Crippen LogP contribution in [-0.2, 0) is 9.59 Å². The van der Waals surface area contributed by atoms with Crippen LogP contribution in [0, 0.1) is 6.92 Å². The molecule has 0 unspecified atom stereocenters. The first-order valence-electron chi connectivity index (χ1n) is 7.83. The molecule has 134 valence electrons. The second kappa shape index (κ2) is 7.69. The van der Waals surface area contributed by atoms with E-state index in [0.717, 1.165) is 5.56 Å². The highest BCUT2D eigenvalue weighted by Crippen LogP contribution is 2.32. The van der Waals surface area contributed by atoms with Crippen molar-refractivity contribution in [3.05, 3.63) is 29.0 Å². The highest BCUT2D eigenvalue weighted by molar-refractivity contribution is 6.15. The number of imide groups is 1. The summed E-state index contributed by atoms with van der Waals surface area (Å²) in [5.74, 6) is -0.821. The molecule has 2 N–H and O–H groups in total. The molecule has 1 saturated heterocycles. The Kier molecular flexibility index (Phi) is 5.63. The van der Waals surface area contributed by atoms with Crippen LogP contribution in [0.1, 0.15) is 25.0 Å². The van der Waals surface area contributed by atoms with Crippen molar-refractivity contribution in [2.45, 2.75) is 20.8 Å². The normalized spacial score (nSPS) is 15.5. The van der Waals surface area contributed by atoms with Gasteiger partial charge in [-0.1, -0.05) is 0 Å². The summed E-state index contributed by atoms with van der Waals surface area (Å²) in [4.78, 5) is 35.4. The number of carbonyl (C=O) groups excluding carboxylic acids is 2. The van der Waals surface area contributed by atoms with E-state index in [2.05, 4.69) is 5.32 Å². The van der Waals surface area contributed by atoms with Gasteiger partial charge in [-0.15, -0.1) is 0 Å². The minimum Gasteiger partial charge on any atom is -0.490 e. The minimum atomic E-state index is -1.26. The lowest BCUT2D eigenvalue weighted by Crippen LogP contribution is -2.35. The Morgan fingerprint density at radius 1 is 1.20 bits per heavy atom. The predicted octanol–water partition coefficient (Wildman–Crippen LogP) is 1.77. The maximum atomic E-state index is 12.2. The summed E-state index contributed by atoms with van der Waals surface area (Å²) < 4.78 is 11.1. The van der Waals surface area contributed by atoms with Gasteiger partial charge in [-0.25, -0.2) is 9.69 Å². The van der Waals surface area contributed by atoms with E-state index in [0.29, 0.717) is 35.2 Å². The van der Waals surface area contributed by atoms with Gasteiger partial charge in [0.2, 0.25) is 0 Å². The lowest BCUT2D eigenvalue weighted by Gasteiger charge is -2.13. The molecule has 0 aliphatic carbocycles. The molecule has 8 nitrogen and oxygen atoms in total. The van der Waals surface area contributed by atoms with Crippen LogP contribution in [0.4, 0.5) is 4.79 Å². The predicted molar refractivity (Wildman–Crippen MR) is 89.4 cm³/mol. The van der Waals surface area contributed by atoms with Crippen molar-refractivity contribution in [3.63, 3.8) is 0 Å². The number of carboxylic acid groups (broad SMARTS) is 1. The Labute approximate surface area is 145 Å². The van der Waals surface area contributed by atoms with Crippen molar-refractivity contribution in [1.29, 1.82) is 0 Å². The van der Waals surface area contributed by atoms with Crippen LogP contribution >= 0.6 is 0 Å². The van der Waals surface area contributed by atoms with E-state index in [4.69, 9.17) is 14.6 Å².